The summed E-state index contributed by atoms with van der Waals surface area (Å²) in [6.07, 6.45) is 0.771. The normalized spacial score (nSPS) is 11.7. The highest BCUT2D eigenvalue weighted by atomic mass is 16.5. The zero-order valence-corrected chi connectivity index (χ0v) is 11.0. The fourth-order valence-electron chi connectivity index (χ4n) is 1.52. The highest BCUT2D eigenvalue weighted by Gasteiger charge is 2.12. The van der Waals surface area contributed by atoms with Gasteiger partial charge in [-0.05, 0) is 38.0 Å². The van der Waals surface area contributed by atoms with Gasteiger partial charge in [-0.25, -0.2) is 0 Å². The van der Waals surface area contributed by atoms with Crippen LogP contribution in [0.3, 0.4) is 0 Å². The lowest BCUT2D eigenvalue weighted by atomic mass is 10.1. The molecule has 0 radical (unpaired) electrons. The SMILES string of the molecule is CNC(=O)C(C)Oc1ccc(CCC(C)=O)cc1. The maximum Gasteiger partial charge on any atom is 0.260 e. The predicted octanol–water partition coefficient (Wildman–Crippen LogP) is 1.72. The van der Waals surface area contributed by atoms with E-state index in [1.54, 1.807) is 20.9 Å². The maximum atomic E-state index is 11.3. The molecule has 1 atom stereocenters. The molecule has 1 amide bonds. The molecule has 0 saturated heterocycles. The van der Waals surface area contributed by atoms with Crippen LogP contribution in [0.25, 0.3) is 0 Å². The smallest absolute Gasteiger partial charge is 0.260 e. The number of aryl methyl sites for hydroxylation is 1. The largest absolute Gasteiger partial charge is 0.481 e. The van der Waals surface area contributed by atoms with Crippen molar-refractivity contribution >= 4 is 11.7 Å². The molecule has 98 valence electrons. The van der Waals surface area contributed by atoms with Crippen molar-refractivity contribution in [3.63, 3.8) is 0 Å². The predicted molar refractivity (Wildman–Crippen MR) is 69.6 cm³/mol. The average Bonchev–Trinajstić information content (AvgIpc) is 2.36. The summed E-state index contributed by atoms with van der Waals surface area (Å²) < 4.78 is 5.47. The quantitative estimate of drug-likeness (QED) is 0.835. The Labute approximate surface area is 107 Å². The minimum atomic E-state index is -0.516. The minimum Gasteiger partial charge on any atom is -0.481 e. The fraction of sp³-hybridized carbons (Fsp3) is 0.429. The van der Waals surface area contributed by atoms with Gasteiger partial charge in [-0.15, -0.1) is 0 Å². The van der Waals surface area contributed by atoms with Gasteiger partial charge >= 0.3 is 0 Å². The number of benzene rings is 1. The van der Waals surface area contributed by atoms with Gasteiger partial charge in [0.15, 0.2) is 6.10 Å². The Morgan fingerprint density at radius 2 is 1.89 bits per heavy atom. The molecule has 4 heteroatoms. The van der Waals surface area contributed by atoms with Crippen LogP contribution in [0.2, 0.25) is 0 Å². The van der Waals surface area contributed by atoms with Gasteiger partial charge in [-0.2, -0.15) is 0 Å². The Hall–Kier alpha value is -1.84. The van der Waals surface area contributed by atoms with Crippen LogP contribution in [0.15, 0.2) is 24.3 Å². The van der Waals surface area contributed by atoms with E-state index in [0.717, 1.165) is 12.0 Å². The molecule has 1 unspecified atom stereocenters. The van der Waals surface area contributed by atoms with E-state index in [-0.39, 0.29) is 11.7 Å². The number of hydrogen-bond donors (Lipinski definition) is 1. The molecule has 0 saturated carbocycles. The van der Waals surface area contributed by atoms with Crippen molar-refractivity contribution in [1.82, 2.24) is 5.32 Å². The van der Waals surface area contributed by atoms with Gasteiger partial charge in [0.2, 0.25) is 0 Å². The number of likely N-dealkylation sites (N-methyl/N-ethyl adjacent to an activating group) is 1. The summed E-state index contributed by atoms with van der Waals surface area (Å²) in [5, 5.41) is 2.53. The van der Waals surface area contributed by atoms with E-state index in [0.29, 0.717) is 12.2 Å². The molecule has 1 rings (SSSR count). The molecule has 1 N–H and O–H groups in total. The lowest BCUT2D eigenvalue weighted by Gasteiger charge is -2.13. The van der Waals surface area contributed by atoms with Gasteiger partial charge in [0, 0.05) is 13.5 Å². The van der Waals surface area contributed by atoms with Gasteiger partial charge in [0.1, 0.15) is 11.5 Å². The first kappa shape index (κ1) is 14.2. The van der Waals surface area contributed by atoms with Crippen LogP contribution >= 0.6 is 0 Å². The van der Waals surface area contributed by atoms with Gasteiger partial charge in [-0.1, -0.05) is 12.1 Å². The molecule has 1 aromatic carbocycles. The Balaban J connectivity index is 2.54. The number of amides is 1. The first-order valence-electron chi connectivity index (χ1n) is 5.99. The third-order valence-electron chi connectivity index (χ3n) is 2.62. The minimum absolute atomic E-state index is 0.157. The summed E-state index contributed by atoms with van der Waals surface area (Å²) in [5.41, 5.74) is 1.09. The first-order chi connectivity index (χ1) is 8.52. The second kappa shape index (κ2) is 6.79. The van der Waals surface area contributed by atoms with Crippen LogP contribution in [0.1, 0.15) is 25.8 Å². The van der Waals surface area contributed by atoms with E-state index >= 15 is 0 Å². The van der Waals surface area contributed by atoms with E-state index in [1.165, 1.54) is 0 Å². The number of hydrogen-bond acceptors (Lipinski definition) is 3. The molecule has 0 aliphatic rings. The Bertz CT molecular complexity index is 412. The Morgan fingerprint density at radius 1 is 1.28 bits per heavy atom. The number of ether oxygens (including phenoxy) is 1. The van der Waals surface area contributed by atoms with Crippen molar-refractivity contribution in [2.45, 2.75) is 32.8 Å². The third-order valence-corrected chi connectivity index (χ3v) is 2.62. The zero-order valence-electron chi connectivity index (χ0n) is 11.0. The lowest BCUT2D eigenvalue weighted by Crippen LogP contribution is -2.33. The molecule has 0 fully saturated rings. The van der Waals surface area contributed by atoms with Crippen molar-refractivity contribution < 1.29 is 14.3 Å². The van der Waals surface area contributed by atoms with Crippen molar-refractivity contribution in [3.05, 3.63) is 29.8 Å². The summed E-state index contributed by atoms with van der Waals surface area (Å²) in [7, 11) is 1.58. The van der Waals surface area contributed by atoms with Crippen LogP contribution in [-0.2, 0) is 16.0 Å². The van der Waals surface area contributed by atoms with E-state index in [9.17, 15) is 9.59 Å². The second-order valence-corrected chi connectivity index (χ2v) is 4.22. The molecule has 0 bridgehead atoms. The average molecular weight is 249 g/mol. The fourth-order valence-corrected chi connectivity index (χ4v) is 1.52. The summed E-state index contributed by atoms with van der Waals surface area (Å²) in [5.74, 6) is 0.678. The van der Waals surface area contributed by atoms with Crippen LogP contribution in [0.4, 0.5) is 0 Å². The lowest BCUT2D eigenvalue weighted by molar-refractivity contribution is -0.126. The molecule has 1 aromatic rings. The maximum absolute atomic E-state index is 11.3. The van der Waals surface area contributed by atoms with E-state index in [1.807, 2.05) is 24.3 Å². The second-order valence-electron chi connectivity index (χ2n) is 4.22. The van der Waals surface area contributed by atoms with Crippen LogP contribution in [0, 0.1) is 0 Å². The van der Waals surface area contributed by atoms with Gasteiger partial charge in [0.25, 0.3) is 5.91 Å². The van der Waals surface area contributed by atoms with Crippen LogP contribution < -0.4 is 10.1 Å². The molecular formula is C14H19NO3. The van der Waals surface area contributed by atoms with Crippen molar-refractivity contribution in [2.24, 2.45) is 0 Å². The van der Waals surface area contributed by atoms with E-state index < -0.39 is 6.10 Å². The van der Waals surface area contributed by atoms with Crippen molar-refractivity contribution in [2.75, 3.05) is 7.05 Å². The summed E-state index contributed by atoms with van der Waals surface area (Å²) in [4.78, 5) is 22.2. The molecule has 0 aliphatic carbocycles. The number of carbonyl (C=O) groups is 2. The highest BCUT2D eigenvalue weighted by molar-refractivity contribution is 5.80. The molecule has 4 nitrogen and oxygen atoms in total. The molecule has 18 heavy (non-hydrogen) atoms. The monoisotopic (exact) mass is 249 g/mol. The number of ketones is 1. The van der Waals surface area contributed by atoms with Gasteiger partial charge in [-0.3, -0.25) is 4.79 Å². The van der Waals surface area contributed by atoms with Gasteiger partial charge in [0.05, 0.1) is 0 Å². The Morgan fingerprint density at radius 3 is 2.39 bits per heavy atom. The zero-order chi connectivity index (χ0) is 13.5. The Kier molecular flexibility index (Phi) is 5.36. The highest BCUT2D eigenvalue weighted by Crippen LogP contribution is 2.15. The molecule has 0 heterocycles. The number of rotatable bonds is 6. The number of Topliss-reactive ketones (excluding diaryl/α,β-unsaturated/α-hetero) is 1. The van der Waals surface area contributed by atoms with E-state index in [4.69, 9.17) is 4.74 Å². The van der Waals surface area contributed by atoms with E-state index in [2.05, 4.69) is 5.32 Å². The van der Waals surface area contributed by atoms with Crippen LogP contribution in [-0.4, -0.2) is 24.8 Å². The summed E-state index contributed by atoms with van der Waals surface area (Å²) >= 11 is 0. The standard InChI is InChI=1S/C14H19NO3/c1-10(16)4-5-12-6-8-13(9-7-12)18-11(2)14(17)15-3/h6-9,11H,4-5H2,1-3H3,(H,15,17). The summed E-state index contributed by atoms with van der Waals surface area (Å²) in [6, 6.07) is 7.45. The van der Waals surface area contributed by atoms with Gasteiger partial charge < -0.3 is 14.8 Å². The molecule has 0 aliphatic heterocycles. The molecule has 0 aromatic heterocycles. The van der Waals surface area contributed by atoms with Crippen LogP contribution in [0.5, 0.6) is 5.75 Å². The number of carbonyl (C=O) groups excluding carboxylic acids is 2. The molecule has 0 spiro atoms. The third kappa shape index (κ3) is 4.57. The molecular weight excluding hydrogens is 230 g/mol. The summed E-state index contributed by atoms with van der Waals surface area (Å²) in [6.45, 7) is 3.28. The van der Waals surface area contributed by atoms with Crippen molar-refractivity contribution in [3.8, 4) is 5.75 Å². The van der Waals surface area contributed by atoms with Crippen molar-refractivity contribution in [1.29, 1.82) is 0 Å². The topological polar surface area (TPSA) is 55.4 Å². The number of nitrogens with one attached hydrogen (secondary N) is 1. The first-order valence-corrected chi connectivity index (χ1v) is 5.99.